The number of anilines is 1. The second-order valence-corrected chi connectivity index (χ2v) is 9.90. The third-order valence-corrected chi connectivity index (χ3v) is 7.17. The van der Waals surface area contributed by atoms with Crippen LogP contribution in [0.15, 0.2) is 24.5 Å². The average molecular weight is 466 g/mol. The summed E-state index contributed by atoms with van der Waals surface area (Å²) in [5.74, 6) is -1.58. The van der Waals surface area contributed by atoms with Gasteiger partial charge in [0, 0.05) is 25.5 Å². The summed E-state index contributed by atoms with van der Waals surface area (Å²) in [6, 6.07) is 3.28. The predicted molar refractivity (Wildman–Crippen MR) is 108 cm³/mol. The van der Waals surface area contributed by atoms with Crippen LogP contribution >= 0.6 is 11.3 Å². The second kappa shape index (κ2) is 9.73. The summed E-state index contributed by atoms with van der Waals surface area (Å²) >= 11 is 1.20. The number of alkyl halides is 3. The molecule has 0 aliphatic carbocycles. The second-order valence-electron chi connectivity index (χ2n) is 6.62. The van der Waals surface area contributed by atoms with Crippen molar-refractivity contribution in [2.75, 3.05) is 23.0 Å². The fourth-order valence-corrected chi connectivity index (χ4v) is 5.16. The van der Waals surface area contributed by atoms with E-state index in [9.17, 15) is 31.6 Å². The Balaban J connectivity index is 2.06. The number of carbonyl (C=O) groups is 1. The highest BCUT2D eigenvalue weighted by atomic mass is 32.2. The summed E-state index contributed by atoms with van der Waals surface area (Å²) in [6.07, 6.45) is -3.75. The zero-order valence-corrected chi connectivity index (χ0v) is 18.1. The van der Waals surface area contributed by atoms with E-state index in [2.05, 4.69) is 4.98 Å². The van der Waals surface area contributed by atoms with Crippen molar-refractivity contribution in [3.8, 4) is 10.6 Å². The minimum atomic E-state index is -4.41. The molecular formula is C18H22F3N3O4S2. The van der Waals surface area contributed by atoms with Crippen LogP contribution in [0.3, 0.4) is 0 Å². The summed E-state index contributed by atoms with van der Waals surface area (Å²) in [5.41, 5.74) is 1.14. The van der Waals surface area contributed by atoms with Crippen LogP contribution in [0.1, 0.15) is 31.9 Å². The fraction of sp³-hybridized carbons (Fsp3) is 0.500. The van der Waals surface area contributed by atoms with Crippen molar-refractivity contribution in [1.82, 2.24) is 4.98 Å². The third-order valence-electron chi connectivity index (χ3n) is 4.20. The average Bonchev–Trinajstić information content (AvgIpc) is 3.01. The van der Waals surface area contributed by atoms with Gasteiger partial charge in [-0.05, 0) is 26.3 Å². The monoisotopic (exact) mass is 465 g/mol. The quantitative estimate of drug-likeness (QED) is 0.419. The molecule has 12 heteroatoms. The van der Waals surface area contributed by atoms with Gasteiger partial charge >= 0.3 is 6.18 Å². The van der Waals surface area contributed by atoms with Crippen molar-refractivity contribution >= 4 is 32.1 Å². The number of hydrogen-bond acceptors (Lipinski definition) is 6. The van der Waals surface area contributed by atoms with Crippen LogP contribution in [-0.2, 0) is 14.6 Å². The summed E-state index contributed by atoms with van der Waals surface area (Å²) < 4.78 is 61.2. The molecular weight excluding hydrogens is 443 g/mol. The number of carbonyl (C=O) groups excluding carboxylic acids is 1. The predicted octanol–water partition coefficient (Wildman–Crippen LogP) is 3.25. The Bertz CT molecular complexity index is 991. The lowest BCUT2D eigenvalue weighted by molar-refractivity contribution is -0.604. The molecule has 2 rings (SSSR count). The number of nitrogens with zero attached hydrogens (tertiary/aromatic N) is 3. The van der Waals surface area contributed by atoms with Crippen LogP contribution in [0.4, 0.5) is 18.2 Å². The summed E-state index contributed by atoms with van der Waals surface area (Å²) in [5, 5.41) is 12.5. The van der Waals surface area contributed by atoms with Crippen LogP contribution in [0.2, 0.25) is 0 Å². The van der Waals surface area contributed by atoms with Gasteiger partial charge in [-0.15, -0.1) is 0 Å². The Labute approximate surface area is 176 Å². The molecule has 0 spiro atoms. The van der Waals surface area contributed by atoms with Gasteiger partial charge in [-0.1, -0.05) is 11.3 Å². The smallest absolute Gasteiger partial charge is 0.389 e. The Morgan fingerprint density at radius 3 is 2.63 bits per heavy atom. The van der Waals surface area contributed by atoms with Crippen molar-refractivity contribution in [2.24, 2.45) is 0 Å². The van der Waals surface area contributed by atoms with Crippen LogP contribution in [0.5, 0.6) is 0 Å². The summed E-state index contributed by atoms with van der Waals surface area (Å²) in [6.45, 7) is 3.70. The van der Waals surface area contributed by atoms with E-state index >= 15 is 0 Å². The number of pyridine rings is 1. The van der Waals surface area contributed by atoms with Gasteiger partial charge in [0.05, 0.1) is 22.8 Å². The van der Waals surface area contributed by atoms with E-state index in [0.717, 1.165) is 0 Å². The largest absolute Gasteiger partial charge is 0.619 e. The van der Waals surface area contributed by atoms with Gasteiger partial charge < -0.3 is 10.1 Å². The number of sulfone groups is 1. The van der Waals surface area contributed by atoms with Crippen LogP contribution < -0.4 is 9.63 Å². The van der Waals surface area contributed by atoms with Crippen molar-refractivity contribution in [3.63, 3.8) is 0 Å². The number of rotatable bonds is 9. The first-order chi connectivity index (χ1) is 13.9. The van der Waals surface area contributed by atoms with Crippen LogP contribution in [0.25, 0.3) is 10.6 Å². The SMILES string of the molecule is CCN(C(=O)CCS(=O)(=O)CCCC(F)(F)F)c1sc(-c2ccc[n+]([O-])c2)nc1C. The van der Waals surface area contributed by atoms with Gasteiger partial charge in [-0.25, -0.2) is 13.4 Å². The Morgan fingerprint density at radius 1 is 1.33 bits per heavy atom. The van der Waals surface area contributed by atoms with E-state index in [4.69, 9.17) is 0 Å². The molecule has 2 aromatic rings. The van der Waals surface area contributed by atoms with Gasteiger partial charge in [-0.2, -0.15) is 17.9 Å². The lowest BCUT2D eigenvalue weighted by Crippen LogP contribution is -2.32. The van der Waals surface area contributed by atoms with Gasteiger partial charge in [0.1, 0.15) is 10.0 Å². The number of aryl methyl sites for hydroxylation is 1. The van der Waals surface area contributed by atoms with Crippen LogP contribution in [-0.4, -0.2) is 43.5 Å². The van der Waals surface area contributed by atoms with E-state index in [0.29, 0.717) is 26.0 Å². The molecule has 0 aliphatic heterocycles. The molecule has 0 saturated carbocycles. The van der Waals surface area contributed by atoms with Gasteiger partial charge in [-0.3, -0.25) is 4.79 Å². The normalized spacial score (nSPS) is 12.2. The Kier molecular flexibility index (Phi) is 7.81. The zero-order chi connectivity index (χ0) is 22.5. The maximum absolute atomic E-state index is 12.6. The van der Waals surface area contributed by atoms with E-state index < -0.39 is 46.3 Å². The molecule has 0 radical (unpaired) electrons. The van der Waals surface area contributed by atoms with Crippen LogP contribution in [0, 0.1) is 12.1 Å². The first-order valence-corrected chi connectivity index (χ1v) is 11.8. The van der Waals surface area contributed by atoms with Crippen molar-refractivity contribution < 1.29 is 31.1 Å². The van der Waals surface area contributed by atoms with Crippen molar-refractivity contribution in [2.45, 2.75) is 39.3 Å². The molecule has 166 valence electrons. The van der Waals surface area contributed by atoms with Gasteiger partial charge in [0.25, 0.3) is 0 Å². The zero-order valence-electron chi connectivity index (χ0n) is 16.5. The summed E-state index contributed by atoms with van der Waals surface area (Å²) in [4.78, 5) is 18.4. The molecule has 2 heterocycles. The lowest BCUT2D eigenvalue weighted by atomic mass is 10.3. The van der Waals surface area contributed by atoms with Gasteiger partial charge in [0.2, 0.25) is 5.91 Å². The molecule has 7 nitrogen and oxygen atoms in total. The third kappa shape index (κ3) is 6.94. The topological polar surface area (TPSA) is 94.3 Å². The molecule has 0 aromatic carbocycles. The highest BCUT2D eigenvalue weighted by molar-refractivity contribution is 7.91. The molecule has 30 heavy (non-hydrogen) atoms. The number of amides is 1. The Morgan fingerprint density at radius 2 is 2.03 bits per heavy atom. The van der Waals surface area contributed by atoms with Crippen molar-refractivity contribution in [3.05, 3.63) is 35.4 Å². The highest BCUT2D eigenvalue weighted by Crippen LogP contribution is 2.34. The maximum atomic E-state index is 12.6. The Hall–Kier alpha value is -2.21. The highest BCUT2D eigenvalue weighted by Gasteiger charge is 2.28. The van der Waals surface area contributed by atoms with E-state index in [1.165, 1.54) is 28.6 Å². The first-order valence-electron chi connectivity index (χ1n) is 9.16. The first kappa shape index (κ1) is 24.1. The van der Waals surface area contributed by atoms with Gasteiger partial charge in [0.15, 0.2) is 22.2 Å². The number of aromatic nitrogens is 2. The number of hydrogen-bond donors (Lipinski definition) is 0. The minimum absolute atomic E-state index is 0.270. The summed E-state index contributed by atoms with van der Waals surface area (Å²) in [7, 11) is -3.77. The molecule has 0 unspecified atom stereocenters. The van der Waals surface area contributed by atoms with E-state index in [-0.39, 0.29) is 13.0 Å². The molecule has 0 fully saturated rings. The fourth-order valence-electron chi connectivity index (χ4n) is 2.75. The maximum Gasteiger partial charge on any atom is 0.389 e. The molecule has 0 N–H and O–H groups in total. The molecule has 0 saturated heterocycles. The molecule has 0 atom stereocenters. The molecule has 1 amide bonds. The molecule has 0 bridgehead atoms. The standard InChI is InChI=1S/C18H22F3N3O4S2/c1-3-24(15(25)7-11-30(27,28)10-5-8-18(19,20)21)17-13(2)22-16(29-17)14-6-4-9-23(26)12-14/h4,6,9,12H,3,5,7-8,10-11H2,1-2H3. The molecule has 0 aliphatic rings. The van der Waals surface area contributed by atoms with E-state index in [1.54, 1.807) is 26.0 Å². The minimum Gasteiger partial charge on any atom is -0.619 e. The lowest BCUT2D eigenvalue weighted by Gasteiger charge is -2.19. The number of halogens is 3. The number of thiazole rings is 1. The van der Waals surface area contributed by atoms with Crippen molar-refractivity contribution in [1.29, 1.82) is 0 Å². The molecule has 2 aromatic heterocycles. The van der Waals surface area contributed by atoms with E-state index in [1.807, 2.05) is 0 Å².